The van der Waals surface area contributed by atoms with Gasteiger partial charge in [-0.15, -0.1) is 0 Å². The summed E-state index contributed by atoms with van der Waals surface area (Å²) in [6.07, 6.45) is 1.22. The molecule has 0 unspecified atom stereocenters. The van der Waals surface area contributed by atoms with Crippen molar-refractivity contribution in [3.05, 3.63) is 47.1 Å². The second-order valence-corrected chi connectivity index (χ2v) is 5.75. The summed E-state index contributed by atoms with van der Waals surface area (Å²) < 4.78 is 52.4. The minimum atomic E-state index is -4.23. The molecule has 1 aromatic heterocycles. The number of pyridine rings is 1. The molecule has 0 spiro atoms. The van der Waals surface area contributed by atoms with E-state index in [2.05, 4.69) is 4.98 Å². The van der Waals surface area contributed by atoms with Gasteiger partial charge in [-0.3, -0.25) is 4.72 Å². The molecule has 20 heavy (non-hydrogen) atoms. The number of hydrogen-bond acceptors (Lipinski definition) is 4. The molecule has 0 saturated carbocycles. The van der Waals surface area contributed by atoms with Crippen molar-refractivity contribution in [2.75, 3.05) is 10.5 Å². The first-order valence-electron chi connectivity index (χ1n) is 5.19. The van der Waals surface area contributed by atoms with Crippen LogP contribution >= 0.6 is 11.6 Å². The summed E-state index contributed by atoms with van der Waals surface area (Å²) in [5, 5.41) is -0.889. The molecule has 0 atom stereocenters. The Morgan fingerprint density at radius 2 is 2.00 bits per heavy atom. The third kappa shape index (κ3) is 2.81. The molecule has 2 rings (SSSR count). The number of nitrogens with two attached hydrogens (primary N) is 1. The van der Waals surface area contributed by atoms with Crippen LogP contribution in [0.3, 0.4) is 0 Å². The molecular formula is C11H8ClF2N3O2S. The van der Waals surface area contributed by atoms with Crippen molar-refractivity contribution in [1.82, 2.24) is 4.98 Å². The molecule has 1 heterocycles. The van der Waals surface area contributed by atoms with Crippen LogP contribution in [0.15, 0.2) is 35.5 Å². The fourth-order valence-corrected chi connectivity index (χ4v) is 2.90. The molecule has 3 N–H and O–H groups in total. The van der Waals surface area contributed by atoms with Crippen LogP contribution in [0, 0.1) is 11.6 Å². The van der Waals surface area contributed by atoms with E-state index in [-0.39, 0.29) is 5.69 Å². The van der Waals surface area contributed by atoms with Gasteiger partial charge in [-0.05, 0) is 18.2 Å². The number of sulfonamides is 1. The third-order valence-electron chi connectivity index (χ3n) is 2.30. The van der Waals surface area contributed by atoms with Gasteiger partial charge in [0, 0.05) is 12.3 Å². The van der Waals surface area contributed by atoms with Crippen LogP contribution in [0.5, 0.6) is 0 Å². The maximum atomic E-state index is 13.6. The van der Waals surface area contributed by atoms with E-state index < -0.39 is 37.4 Å². The molecule has 0 amide bonds. The Bertz CT molecular complexity index is 745. The molecule has 2 aromatic rings. The van der Waals surface area contributed by atoms with E-state index in [0.29, 0.717) is 6.07 Å². The van der Waals surface area contributed by atoms with Crippen molar-refractivity contribution in [2.45, 2.75) is 5.03 Å². The second-order valence-electron chi connectivity index (χ2n) is 3.75. The standard InChI is InChI=1S/C11H8ClF2N3O2S/c12-7-4-6(13)5-8(14)10(7)17-20(18,19)11-9(15)2-1-3-16-11/h1-5,17H,15H2. The Morgan fingerprint density at radius 3 is 2.60 bits per heavy atom. The molecule has 0 aliphatic heterocycles. The number of anilines is 2. The molecule has 5 nitrogen and oxygen atoms in total. The molecule has 106 valence electrons. The van der Waals surface area contributed by atoms with Crippen LogP contribution in [0.4, 0.5) is 20.2 Å². The van der Waals surface area contributed by atoms with Crippen molar-refractivity contribution in [2.24, 2.45) is 0 Å². The van der Waals surface area contributed by atoms with E-state index in [1.807, 2.05) is 4.72 Å². The predicted octanol–water partition coefficient (Wildman–Crippen LogP) is 2.40. The van der Waals surface area contributed by atoms with Gasteiger partial charge in [0.1, 0.15) is 11.5 Å². The van der Waals surface area contributed by atoms with E-state index in [9.17, 15) is 17.2 Å². The third-order valence-corrected chi connectivity index (χ3v) is 3.92. The maximum absolute atomic E-state index is 13.6. The Hall–Kier alpha value is -1.93. The minimum Gasteiger partial charge on any atom is -0.396 e. The highest BCUT2D eigenvalue weighted by Gasteiger charge is 2.22. The monoisotopic (exact) mass is 319 g/mol. The fraction of sp³-hybridized carbons (Fsp3) is 0. The van der Waals surface area contributed by atoms with Crippen molar-refractivity contribution >= 4 is 33.0 Å². The van der Waals surface area contributed by atoms with E-state index in [0.717, 1.165) is 6.07 Å². The molecule has 0 aliphatic carbocycles. The van der Waals surface area contributed by atoms with Gasteiger partial charge in [-0.1, -0.05) is 11.6 Å². The lowest BCUT2D eigenvalue weighted by Crippen LogP contribution is -2.17. The van der Waals surface area contributed by atoms with Gasteiger partial charge >= 0.3 is 0 Å². The van der Waals surface area contributed by atoms with Gasteiger partial charge in [0.15, 0.2) is 10.8 Å². The lowest BCUT2D eigenvalue weighted by Gasteiger charge is -2.11. The number of nitrogens with zero attached hydrogens (tertiary/aromatic N) is 1. The molecule has 0 bridgehead atoms. The summed E-state index contributed by atoms with van der Waals surface area (Å²) in [4.78, 5) is 3.61. The number of nitrogen functional groups attached to an aromatic ring is 1. The highest BCUT2D eigenvalue weighted by atomic mass is 35.5. The molecule has 0 fully saturated rings. The number of aromatic nitrogens is 1. The highest BCUT2D eigenvalue weighted by Crippen LogP contribution is 2.29. The topological polar surface area (TPSA) is 85.1 Å². The molecule has 0 radical (unpaired) electrons. The average molecular weight is 320 g/mol. The molecule has 9 heteroatoms. The smallest absolute Gasteiger partial charge is 0.281 e. The SMILES string of the molecule is Nc1cccnc1S(=O)(=O)Nc1c(F)cc(F)cc1Cl. The fourth-order valence-electron chi connectivity index (χ4n) is 1.45. The van der Waals surface area contributed by atoms with Crippen LogP contribution in [-0.2, 0) is 10.0 Å². The Labute approximate surface area is 118 Å². The average Bonchev–Trinajstić information content (AvgIpc) is 2.34. The van der Waals surface area contributed by atoms with E-state index in [1.54, 1.807) is 0 Å². The van der Waals surface area contributed by atoms with Crippen molar-refractivity contribution in [1.29, 1.82) is 0 Å². The Morgan fingerprint density at radius 1 is 1.30 bits per heavy atom. The zero-order chi connectivity index (χ0) is 14.9. The highest BCUT2D eigenvalue weighted by molar-refractivity contribution is 7.92. The van der Waals surface area contributed by atoms with Crippen LogP contribution in [0.2, 0.25) is 5.02 Å². The summed E-state index contributed by atoms with van der Waals surface area (Å²) in [5.41, 5.74) is 4.81. The van der Waals surface area contributed by atoms with E-state index in [4.69, 9.17) is 17.3 Å². The van der Waals surface area contributed by atoms with Crippen molar-refractivity contribution < 1.29 is 17.2 Å². The van der Waals surface area contributed by atoms with E-state index >= 15 is 0 Å². The number of benzene rings is 1. The van der Waals surface area contributed by atoms with Crippen molar-refractivity contribution in [3.8, 4) is 0 Å². The van der Waals surface area contributed by atoms with Crippen LogP contribution in [0.25, 0.3) is 0 Å². The summed E-state index contributed by atoms with van der Waals surface area (Å²) in [5.74, 6) is -2.07. The summed E-state index contributed by atoms with van der Waals surface area (Å²) >= 11 is 5.61. The molecule has 0 saturated heterocycles. The summed E-state index contributed by atoms with van der Waals surface area (Å²) in [7, 11) is -4.23. The number of nitrogens with one attached hydrogen (secondary N) is 1. The Balaban J connectivity index is 2.47. The van der Waals surface area contributed by atoms with Gasteiger partial charge in [0.2, 0.25) is 0 Å². The molecule has 1 aromatic carbocycles. The quantitative estimate of drug-likeness (QED) is 0.909. The summed E-state index contributed by atoms with van der Waals surface area (Å²) in [6.45, 7) is 0. The van der Waals surface area contributed by atoms with Crippen LogP contribution in [-0.4, -0.2) is 13.4 Å². The normalized spacial score (nSPS) is 11.3. The number of hydrogen-bond donors (Lipinski definition) is 2. The largest absolute Gasteiger partial charge is 0.396 e. The second kappa shape index (κ2) is 5.22. The maximum Gasteiger partial charge on any atom is 0.281 e. The first kappa shape index (κ1) is 14.5. The number of halogens is 3. The van der Waals surface area contributed by atoms with Gasteiger partial charge in [-0.2, -0.15) is 8.42 Å². The molecular weight excluding hydrogens is 312 g/mol. The first-order valence-corrected chi connectivity index (χ1v) is 7.05. The van der Waals surface area contributed by atoms with Gasteiger partial charge in [-0.25, -0.2) is 13.8 Å². The van der Waals surface area contributed by atoms with E-state index in [1.165, 1.54) is 18.3 Å². The lowest BCUT2D eigenvalue weighted by molar-refractivity contribution is 0.582. The Kier molecular flexibility index (Phi) is 3.78. The zero-order valence-electron chi connectivity index (χ0n) is 9.77. The van der Waals surface area contributed by atoms with Crippen LogP contribution in [0.1, 0.15) is 0 Å². The lowest BCUT2D eigenvalue weighted by atomic mass is 10.3. The van der Waals surface area contributed by atoms with Gasteiger partial charge in [0.25, 0.3) is 10.0 Å². The molecule has 0 aliphatic rings. The summed E-state index contributed by atoms with van der Waals surface area (Å²) in [6, 6.07) is 4.06. The zero-order valence-corrected chi connectivity index (χ0v) is 11.3. The first-order chi connectivity index (χ1) is 9.31. The van der Waals surface area contributed by atoms with Gasteiger partial charge in [0.05, 0.1) is 10.7 Å². The van der Waals surface area contributed by atoms with Crippen molar-refractivity contribution in [3.63, 3.8) is 0 Å². The van der Waals surface area contributed by atoms with Gasteiger partial charge < -0.3 is 5.73 Å². The van der Waals surface area contributed by atoms with Crippen LogP contribution < -0.4 is 10.5 Å². The number of rotatable bonds is 3. The predicted molar refractivity (Wildman–Crippen MR) is 70.8 cm³/mol. The minimum absolute atomic E-state index is 0.112.